The molecule has 3 heterocycles. The molecule has 0 amide bonds. The topological polar surface area (TPSA) is 71.2 Å². The fourth-order valence-electron chi connectivity index (χ4n) is 2.43. The number of aryl methyl sites for hydroxylation is 1. The summed E-state index contributed by atoms with van der Waals surface area (Å²) < 4.78 is 0. The minimum absolute atomic E-state index is 0.324. The van der Waals surface area contributed by atoms with Crippen molar-refractivity contribution >= 4 is 29.1 Å². The van der Waals surface area contributed by atoms with E-state index >= 15 is 0 Å². The molecule has 0 bridgehead atoms. The molecule has 1 aliphatic rings. The van der Waals surface area contributed by atoms with Crippen LogP contribution in [0.1, 0.15) is 5.56 Å². The van der Waals surface area contributed by atoms with Gasteiger partial charge in [0.1, 0.15) is 23.0 Å². The van der Waals surface area contributed by atoms with Gasteiger partial charge in [-0.3, -0.25) is 0 Å². The van der Waals surface area contributed by atoms with Gasteiger partial charge in [0.05, 0.1) is 0 Å². The minimum Gasteiger partial charge on any atom is -0.382 e. The predicted octanol–water partition coefficient (Wildman–Crippen LogP) is 1.74. The average molecular weight is 305 g/mol. The van der Waals surface area contributed by atoms with Gasteiger partial charge in [-0.15, -0.1) is 0 Å². The van der Waals surface area contributed by atoms with Crippen molar-refractivity contribution in [1.29, 1.82) is 0 Å². The lowest BCUT2D eigenvalue weighted by molar-refractivity contribution is 0.641. The van der Waals surface area contributed by atoms with E-state index in [4.69, 9.17) is 17.3 Å². The van der Waals surface area contributed by atoms with Gasteiger partial charge in [-0.25, -0.2) is 15.0 Å². The molecule has 21 heavy (non-hydrogen) atoms. The number of nitrogens with zero attached hydrogens (tertiary/aromatic N) is 5. The molecule has 0 aliphatic carbocycles. The van der Waals surface area contributed by atoms with Crippen molar-refractivity contribution in [3.05, 3.63) is 35.2 Å². The first-order valence-corrected chi connectivity index (χ1v) is 7.21. The summed E-state index contributed by atoms with van der Waals surface area (Å²) >= 11 is 6.18. The molecule has 1 saturated heterocycles. The molecule has 0 atom stereocenters. The van der Waals surface area contributed by atoms with Crippen LogP contribution in [0.5, 0.6) is 0 Å². The third kappa shape index (κ3) is 2.85. The first-order chi connectivity index (χ1) is 10.1. The van der Waals surface area contributed by atoms with E-state index in [0.717, 1.165) is 32.0 Å². The van der Waals surface area contributed by atoms with Crippen LogP contribution in [0.2, 0.25) is 5.02 Å². The van der Waals surface area contributed by atoms with Gasteiger partial charge in [-0.2, -0.15) is 0 Å². The van der Waals surface area contributed by atoms with E-state index in [0.29, 0.717) is 16.7 Å². The largest absolute Gasteiger partial charge is 0.382 e. The molecule has 1 aliphatic heterocycles. The van der Waals surface area contributed by atoms with Crippen molar-refractivity contribution in [1.82, 2.24) is 15.0 Å². The zero-order chi connectivity index (χ0) is 14.8. The summed E-state index contributed by atoms with van der Waals surface area (Å²) in [6.45, 7) is 5.47. The average Bonchev–Trinajstić information content (AvgIpc) is 2.50. The van der Waals surface area contributed by atoms with Crippen LogP contribution in [0, 0.1) is 6.92 Å². The SMILES string of the molecule is Cc1ccnc(N2CCN(c3ncnc(N)c3Cl)CC2)c1. The summed E-state index contributed by atoms with van der Waals surface area (Å²) in [4.78, 5) is 17.0. The molecule has 0 aromatic carbocycles. The highest BCUT2D eigenvalue weighted by Crippen LogP contribution is 2.28. The molecule has 0 saturated carbocycles. The van der Waals surface area contributed by atoms with Gasteiger partial charge in [0.25, 0.3) is 0 Å². The molecule has 2 N–H and O–H groups in total. The maximum absolute atomic E-state index is 6.18. The summed E-state index contributed by atoms with van der Waals surface area (Å²) in [7, 11) is 0. The second-order valence-electron chi connectivity index (χ2n) is 5.06. The van der Waals surface area contributed by atoms with E-state index in [1.165, 1.54) is 11.9 Å². The summed E-state index contributed by atoms with van der Waals surface area (Å²) in [6.07, 6.45) is 3.30. The Kier molecular flexibility index (Phi) is 3.79. The van der Waals surface area contributed by atoms with Gasteiger partial charge >= 0.3 is 0 Å². The Morgan fingerprint density at radius 2 is 1.81 bits per heavy atom. The standard InChI is InChI=1S/C14H17ClN6/c1-10-2-3-17-11(8-10)20-4-6-21(7-5-20)14-12(15)13(16)18-9-19-14/h2-3,8-9H,4-7H2,1H3,(H2,16,18,19). The fraction of sp³-hybridized carbons (Fsp3) is 0.357. The van der Waals surface area contributed by atoms with Crippen LogP contribution in [0.4, 0.5) is 17.5 Å². The van der Waals surface area contributed by atoms with Gasteiger partial charge in [0, 0.05) is 32.4 Å². The quantitative estimate of drug-likeness (QED) is 0.911. The van der Waals surface area contributed by atoms with Crippen LogP contribution < -0.4 is 15.5 Å². The zero-order valence-corrected chi connectivity index (χ0v) is 12.6. The fourth-order valence-corrected chi connectivity index (χ4v) is 2.65. The van der Waals surface area contributed by atoms with E-state index in [9.17, 15) is 0 Å². The second kappa shape index (κ2) is 5.73. The van der Waals surface area contributed by atoms with Crippen LogP contribution in [-0.2, 0) is 0 Å². The molecule has 110 valence electrons. The van der Waals surface area contributed by atoms with Gasteiger partial charge in [-0.05, 0) is 24.6 Å². The van der Waals surface area contributed by atoms with E-state index in [1.54, 1.807) is 0 Å². The third-order valence-corrected chi connectivity index (χ3v) is 3.96. The predicted molar refractivity (Wildman–Crippen MR) is 84.9 cm³/mol. The first-order valence-electron chi connectivity index (χ1n) is 6.83. The highest BCUT2D eigenvalue weighted by atomic mass is 35.5. The highest BCUT2D eigenvalue weighted by molar-refractivity contribution is 6.35. The normalized spacial score (nSPS) is 15.3. The van der Waals surface area contributed by atoms with Crippen molar-refractivity contribution in [3.63, 3.8) is 0 Å². The molecular weight excluding hydrogens is 288 g/mol. The number of hydrogen-bond acceptors (Lipinski definition) is 6. The summed E-state index contributed by atoms with van der Waals surface area (Å²) in [6, 6.07) is 4.11. The molecular formula is C14H17ClN6. The van der Waals surface area contributed by atoms with E-state index < -0.39 is 0 Å². The Balaban J connectivity index is 1.72. The van der Waals surface area contributed by atoms with Crippen LogP contribution in [0.25, 0.3) is 0 Å². The maximum Gasteiger partial charge on any atom is 0.153 e. The highest BCUT2D eigenvalue weighted by Gasteiger charge is 2.21. The van der Waals surface area contributed by atoms with Gasteiger partial charge in [0.2, 0.25) is 0 Å². The number of halogens is 1. The van der Waals surface area contributed by atoms with Crippen molar-refractivity contribution < 1.29 is 0 Å². The number of aromatic nitrogens is 3. The third-order valence-electron chi connectivity index (χ3n) is 3.60. The number of nitrogens with two attached hydrogens (primary N) is 1. The van der Waals surface area contributed by atoms with E-state index in [1.807, 2.05) is 12.3 Å². The lowest BCUT2D eigenvalue weighted by atomic mass is 10.2. The smallest absolute Gasteiger partial charge is 0.153 e. The molecule has 1 fully saturated rings. The molecule has 3 rings (SSSR count). The maximum atomic E-state index is 6.18. The lowest BCUT2D eigenvalue weighted by Crippen LogP contribution is -2.47. The monoisotopic (exact) mass is 304 g/mol. The van der Waals surface area contributed by atoms with Crippen molar-refractivity contribution in [2.75, 3.05) is 41.7 Å². The van der Waals surface area contributed by atoms with Crippen molar-refractivity contribution in [3.8, 4) is 0 Å². The van der Waals surface area contributed by atoms with Crippen molar-refractivity contribution in [2.24, 2.45) is 0 Å². The summed E-state index contributed by atoms with van der Waals surface area (Å²) in [5, 5.41) is 0.430. The van der Waals surface area contributed by atoms with E-state index in [-0.39, 0.29) is 0 Å². The zero-order valence-electron chi connectivity index (χ0n) is 11.8. The Labute approximate surface area is 128 Å². The molecule has 6 nitrogen and oxygen atoms in total. The Bertz CT molecular complexity index is 639. The van der Waals surface area contributed by atoms with Crippen LogP contribution in [0.3, 0.4) is 0 Å². The number of anilines is 3. The minimum atomic E-state index is 0.324. The second-order valence-corrected chi connectivity index (χ2v) is 5.44. The molecule has 0 unspecified atom stereocenters. The Morgan fingerprint density at radius 1 is 1.10 bits per heavy atom. The van der Waals surface area contributed by atoms with Gasteiger partial charge in [-0.1, -0.05) is 11.6 Å². The Hall–Kier alpha value is -2.08. The molecule has 2 aromatic heterocycles. The van der Waals surface area contributed by atoms with Gasteiger partial charge < -0.3 is 15.5 Å². The number of hydrogen-bond donors (Lipinski definition) is 1. The number of pyridine rings is 1. The molecule has 0 spiro atoms. The van der Waals surface area contributed by atoms with Crippen LogP contribution in [0.15, 0.2) is 24.7 Å². The molecule has 7 heteroatoms. The lowest BCUT2D eigenvalue weighted by Gasteiger charge is -2.36. The number of nitrogen functional groups attached to an aromatic ring is 1. The molecule has 0 radical (unpaired) electrons. The Morgan fingerprint density at radius 3 is 2.52 bits per heavy atom. The summed E-state index contributed by atoms with van der Waals surface area (Å²) in [5.74, 6) is 2.05. The molecule has 2 aromatic rings. The van der Waals surface area contributed by atoms with Crippen LogP contribution >= 0.6 is 11.6 Å². The number of rotatable bonds is 2. The van der Waals surface area contributed by atoms with Crippen LogP contribution in [-0.4, -0.2) is 41.1 Å². The van der Waals surface area contributed by atoms with E-state index in [2.05, 4.69) is 37.7 Å². The van der Waals surface area contributed by atoms with Crippen molar-refractivity contribution in [2.45, 2.75) is 6.92 Å². The number of piperazine rings is 1. The van der Waals surface area contributed by atoms with Gasteiger partial charge in [0.15, 0.2) is 5.82 Å². The first kappa shape index (κ1) is 13.9. The summed E-state index contributed by atoms with van der Waals surface area (Å²) in [5.41, 5.74) is 6.95.